The summed E-state index contributed by atoms with van der Waals surface area (Å²) in [6, 6.07) is 7.58. The van der Waals surface area contributed by atoms with E-state index in [4.69, 9.17) is 0 Å². The van der Waals surface area contributed by atoms with Gasteiger partial charge in [-0.2, -0.15) is 0 Å². The third-order valence-electron chi connectivity index (χ3n) is 4.42. The van der Waals surface area contributed by atoms with E-state index in [-0.39, 0.29) is 17.5 Å². The standard InChI is InChI=1S/C19H30N4O2/c1-14-8-6-7-9-16(14)23-12-10-22(11-13-23)15(2)17(24)20-18(25)21-19(3,4)5/h6-9,15H,10-13H2,1-5H3,(H2,20,21,24,25). The molecule has 0 aromatic heterocycles. The summed E-state index contributed by atoms with van der Waals surface area (Å²) >= 11 is 0. The molecule has 0 spiro atoms. The van der Waals surface area contributed by atoms with Crippen LogP contribution in [0.15, 0.2) is 24.3 Å². The van der Waals surface area contributed by atoms with Crippen molar-refractivity contribution < 1.29 is 9.59 Å². The number of anilines is 1. The summed E-state index contributed by atoms with van der Waals surface area (Å²) in [4.78, 5) is 28.6. The minimum absolute atomic E-state index is 0.258. The average Bonchev–Trinajstić information content (AvgIpc) is 2.53. The van der Waals surface area contributed by atoms with Crippen molar-refractivity contribution >= 4 is 17.6 Å². The zero-order valence-corrected chi connectivity index (χ0v) is 15.9. The lowest BCUT2D eigenvalue weighted by atomic mass is 10.1. The molecule has 0 saturated carbocycles. The first-order valence-electron chi connectivity index (χ1n) is 8.85. The van der Waals surface area contributed by atoms with E-state index in [2.05, 4.69) is 45.6 Å². The Labute approximate surface area is 150 Å². The monoisotopic (exact) mass is 346 g/mol. The number of urea groups is 1. The van der Waals surface area contributed by atoms with Crippen molar-refractivity contribution in [3.63, 3.8) is 0 Å². The SMILES string of the molecule is Cc1ccccc1N1CCN(C(C)C(=O)NC(=O)NC(C)(C)C)CC1. The number of para-hydroxylation sites is 1. The topological polar surface area (TPSA) is 64.7 Å². The number of carbonyl (C=O) groups excluding carboxylic acids is 2. The Kier molecular flexibility index (Phi) is 6.06. The number of hydrogen-bond donors (Lipinski definition) is 2. The highest BCUT2D eigenvalue weighted by atomic mass is 16.2. The molecule has 1 atom stereocenters. The van der Waals surface area contributed by atoms with Gasteiger partial charge >= 0.3 is 6.03 Å². The van der Waals surface area contributed by atoms with Gasteiger partial charge in [-0.15, -0.1) is 0 Å². The summed E-state index contributed by atoms with van der Waals surface area (Å²) in [6.07, 6.45) is 0. The van der Waals surface area contributed by atoms with Gasteiger partial charge in [0.05, 0.1) is 6.04 Å². The summed E-state index contributed by atoms with van der Waals surface area (Å²) in [7, 11) is 0. The maximum atomic E-state index is 12.3. The van der Waals surface area contributed by atoms with Crippen LogP contribution < -0.4 is 15.5 Å². The van der Waals surface area contributed by atoms with Gasteiger partial charge in [0.1, 0.15) is 0 Å². The largest absolute Gasteiger partial charge is 0.369 e. The first-order valence-corrected chi connectivity index (χ1v) is 8.85. The number of nitrogens with zero attached hydrogens (tertiary/aromatic N) is 2. The fraction of sp³-hybridized carbons (Fsp3) is 0.579. The van der Waals surface area contributed by atoms with Crippen molar-refractivity contribution in [1.29, 1.82) is 0 Å². The molecular weight excluding hydrogens is 316 g/mol. The summed E-state index contributed by atoms with van der Waals surface area (Å²) in [5.74, 6) is -0.258. The number of piperazine rings is 1. The smallest absolute Gasteiger partial charge is 0.321 e. The first-order chi connectivity index (χ1) is 11.7. The molecule has 1 unspecified atom stereocenters. The van der Waals surface area contributed by atoms with Gasteiger partial charge in [-0.05, 0) is 46.2 Å². The highest BCUT2D eigenvalue weighted by Crippen LogP contribution is 2.21. The van der Waals surface area contributed by atoms with Crippen LogP contribution in [0.2, 0.25) is 0 Å². The van der Waals surface area contributed by atoms with Gasteiger partial charge in [-0.1, -0.05) is 18.2 Å². The highest BCUT2D eigenvalue weighted by Gasteiger charge is 2.27. The molecule has 2 N–H and O–H groups in total. The van der Waals surface area contributed by atoms with Crippen molar-refractivity contribution in [3.05, 3.63) is 29.8 Å². The zero-order valence-electron chi connectivity index (χ0n) is 15.9. The summed E-state index contributed by atoms with van der Waals surface area (Å²) in [5, 5.41) is 5.19. The highest BCUT2D eigenvalue weighted by molar-refractivity contribution is 5.97. The Hall–Kier alpha value is -2.08. The minimum atomic E-state index is -0.442. The van der Waals surface area contributed by atoms with Crippen LogP contribution in [0.5, 0.6) is 0 Å². The molecule has 0 bridgehead atoms. The zero-order chi connectivity index (χ0) is 18.6. The van der Waals surface area contributed by atoms with E-state index in [0.717, 1.165) is 26.2 Å². The third-order valence-corrected chi connectivity index (χ3v) is 4.42. The van der Waals surface area contributed by atoms with Gasteiger partial charge in [-0.3, -0.25) is 15.0 Å². The van der Waals surface area contributed by atoms with Gasteiger partial charge in [0.2, 0.25) is 5.91 Å². The molecule has 1 aromatic carbocycles. The average molecular weight is 346 g/mol. The second-order valence-electron chi connectivity index (χ2n) is 7.68. The Balaban J connectivity index is 1.86. The van der Waals surface area contributed by atoms with Crippen LogP contribution in [-0.4, -0.2) is 54.6 Å². The van der Waals surface area contributed by atoms with Crippen LogP contribution in [-0.2, 0) is 4.79 Å². The van der Waals surface area contributed by atoms with Gasteiger partial charge < -0.3 is 10.2 Å². The number of hydrogen-bond acceptors (Lipinski definition) is 4. The van der Waals surface area contributed by atoms with E-state index < -0.39 is 6.03 Å². The fourth-order valence-corrected chi connectivity index (χ4v) is 3.02. The lowest BCUT2D eigenvalue weighted by molar-refractivity contribution is -0.124. The van der Waals surface area contributed by atoms with Crippen LogP contribution in [0, 0.1) is 6.92 Å². The minimum Gasteiger partial charge on any atom is -0.369 e. The van der Waals surface area contributed by atoms with Crippen LogP contribution in [0.4, 0.5) is 10.5 Å². The molecule has 1 aliphatic rings. The number of carbonyl (C=O) groups is 2. The van der Waals surface area contributed by atoms with Crippen LogP contribution >= 0.6 is 0 Å². The van der Waals surface area contributed by atoms with Crippen molar-refractivity contribution in [3.8, 4) is 0 Å². The molecule has 1 heterocycles. The Bertz CT molecular complexity index is 616. The van der Waals surface area contributed by atoms with Crippen molar-refractivity contribution in [2.75, 3.05) is 31.1 Å². The molecule has 1 fully saturated rings. The molecule has 138 valence electrons. The second kappa shape index (κ2) is 7.87. The van der Waals surface area contributed by atoms with Crippen molar-refractivity contribution in [2.24, 2.45) is 0 Å². The Morgan fingerprint density at radius 1 is 1.08 bits per heavy atom. The Morgan fingerprint density at radius 2 is 1.68 bits per heavy atom. The molecule has 6 heteroatoms. The summed E-state index contributed by atoms with van der Waals surface area (Å²) in [5.41, 5.74) is 2.15. The molecule has 6 nitrogen and oxygen atoms in total. The molecular formula is C19H30N4O2. The number of aryl methyl sites for hydroxylation is 1. The molecule has 3 amide bonds. The molecule has 1 saturated heterocycles. The third kappa shape index (κ3) is 5.46. The molecule has 25 heavy (non-hydrogen) atoms. The first kappa shape index (κ1) is 19.2. The van der Waals surface area contributed by atoms with E-state index >= 15 is 0 Å². The van der Waals surface area contributed by atoms with E-state index in [1.54, 1.807) is 0 Å². The predicted octanol–water partition coefficient (Wildman–Crippen LogP) is 2.13. The summed E-state index contributed by atoms with van der Waals surface area (Å²) in [6.45, 7) is 12.9. The Morgan fingerprint density at radius 3 is 2.24 bits per heavy atom. The molecule has 2 rings (SSSR count). The van der Waals surface area contributed by atoms with Crippen LogP contribution in [0.3, 0.4) is 0 Å². The quantitative estimate of drug-likeness (QED) is 0.880. The van der Waals surface area contributed by atoms with Gasteiger partial charge in [0.15, 0.2) is 0 Å². The van der Waals surface area contributed by atoms with Gasteiger partial charge in [0.25, 0.3) is 0 Å². The maximum Gasteiger partial charge on any atom is 0.321 e. The van der Waals surface area contributed by atoms with Gasteiger partial charge in [-0.25, -0.2) is 4.79 Å². The summed E-state index contributed by atoms with van der Waals surface area (Å²) < 4.78 is 0. The number of amides is 3. The number of benzene rings is 1. The maximum absolute atomic E-state index is 12.3. The number of imide groups is 1. The molecule has 1 aromatic rings. The number of nitrogens with one attached hydrogen (secondary N) is 2. The van der Waals surface area contributed by atoms with E-state index in [0.29, 0.717) is 0 Å². The predicted molar refractivity (Wildman–Crippen MR) is 101 cm³/mol. The van der Waals surface area contributed by atoms with E-state index in [1.807, 2.05) is 33.8 Å². The molecule has 0 radical (unpaired) electrons. The van der Waals surface area contributed by atoms with E-state index in [1.165, 1.54) is 11.3 Å². The van der Waals surface area contributed by atoms with Gasteiger partial charge in [0, 0.05) is 37.4 Å². The van der Waals surface area contributed by atoms with E-state index in [9.17, 15) is 9.59 Å². The molecule has 1 aliphatic heterocycles. The van der Waals surface area contributed by atoms with Crippen LogP contribution in [0.25, 0.3) is 0 Å². The van der Waals surface area contributed by atoms with Crippen molar-refractivity contribution in [2.45, 2.75) is 46.2 Å². The molecule has 0 aliphatic carbocycles. The normalized spacial score (nSPS) is 17.1. The fourth-order valence-electron chi connectivity index (χ4n) is 3.02. The van der Waals surface area contributed by atoms with Crippen LogP contribution in [0.1, 0.15) is 33.3 Å². The number of rotatable bonds is 3. The lowest BCUT2D eigenvalue weighted by Crippen LogP contribution is -2.56. The van der Waals surface area contributed by atoms with Crippen molar-refractivity contribution in [1.82, 2.24) is 15.5 Å². The lowest BCUT2D eigenvalue weighted by Gasteiger charge is -2.39. The second-order valence-corrected chi connectivity index (χ2v) is 7.68.